The van der Waals surface area contributed by atoms with Crippen molar-refractivity contribution in [3.8, 4) is 16.9 Å². The third-order valence-corrected chi connectivity index (χ3v) is 5.51. The molecule has 0 radical (unpaired) electrons. The predicted molar refractivity (Wildman–Crippen MR) is 120 cm³/mol. The molecular weight excluding hydrogens is 428 g/mol. The summed E-state index contributed by atoms with van der Waals surface area (Å²) in [5, 5.41) is 9.47. The summed E-state index contributed by atoms with van der Waals surface area (Å²) >= 11 is 0. The van der Waals surface area contributed by atoms with E-state index < -0.39 is 17.5 Å². The monoisotopic (exact) mass is 451 g/mol. The van der Waals surface area contributed by atoms with Crippen LogP contribution in [0.1, 0.15) is 39.7 Å². The fraction of sp³-hybridized carbons (Fsp3) is 0.240. The summed E-state index contributed by atoms with van der Waals surface area (Å²) in [6, 6.07) is 8.33. The molecule has 0 saturated carbocycles. The molecule has 170 valence electrons. The van der Waals surface area contributed by atoms with Gasteiger partial charge in [0.1, 0.15) is 17.4 Å². The molecule has 6 nitrogen and oxygen atoms in total. The third-order valence-electron chi connectivity index (χ3n) is 5.51. The van der Waals surface area contributed by atoms with E-state index >= 15 is 4.39 Å². The number of rotatable bonds is 7. The second kappa shape index (κ2) is 9.46. The molecule has 1 N–H and O–H groups in total. The van der Waals surface area contributed by atoms with Crippen LogP contribution in [0.2, 0.25) is 0 Å². The second-order valence-corrected chi connectivity index (χ2v) is 7.68. The first-order valence-corrected chi connectivity index (χ1v) is 10.5. The maximum atomic E-state index is 15.1. The Hall–Kier alpha value is -3.65. The van der Waals surface area contributed by atoms with Crippen molar-refractivity contribution in [2.75, 3.05) is 13.7 Å². The molecule has 2 heterocycles. The number of hydrogen-bond acceptors (Lipinski definition) is 5. The molecule has 0 spiro atoms. The average Bonchev–Trinajstić information content (AvgIpc) is 3.30. The quantitative estimate of drug-likeness (QED) is 0.586. The van der Waals surface area contributed by atoms with E-state index in [0.717, 1.165) is 16.7 Å². The Bertz CT molecular complexity index is 1240. The first kappa shape index (κ1) is 22.5. The zero-order valence-electron chi connectivity index (χ0n) is 18.3. The van der Waals surface area contributed by atoms with Crippen LogP contribution < -0.4 is 4.74 Å². The van der Waals surface area contributed by atoms with Gasteiger partial charge in [-0.15, -0.1) is 0 Å². The number of nitrogens with zero attached hydrogens (tertiary/aromatic N) is 3. The fourth-order valence-electron chi connectivity index (χ4n) is 3.89. The number of carbonyl (C=O) groups is 1. The molecule has 0 aliphatic carbocycles. The number of benzene rings is 2. The predicted octanol–water partition coefficient (Wildman–Crippen LogP) is 4.12. The number of carbonyl (C=O) groups excluding carboxylic acids is 1. The zero-order chi connectivity index (χ0) is 23.5. The van der Waals surface area contributed by atoms with Gasteiger partial charge in [-0.3, -0.25) is 14.8 Å². The van der Waals surface area contributed by atoms with Gasteiger partial charge in [-0.2, -0.15) is 0 Å². The first-order chi connectivity index (χ1) is 15.9. The maximum Gasteiger partial charge on any atom is 0.257 e. The van der Waals surface area contributed by atoms with Crippen LogP contribution >= 0.6 is 0 Å². The molecule has 0 fully saturated rings. The lowest BCUT2D eigenvalue weighted by atomic mass is 10.0. The third kappa shape index (κ3) is 4.47. The highest BCUT2D eigenvalue weighted by Gasteiger charge is 2.23. The lowest BCUT2D eigenvalue weighted by Crippen LogP contribution is -2.28. The fourth-order valence-corrected chi connectivity index (χ4v) is 3.89. The van der Waals surface area contributed by atoms with Gasteiger partial charge in [0.25, 0.3) is 5.91 Å². The van der Waals surface area contributed by atoms with E-state index in [1.54, 1.807) is 32.4 Å². The average molecular weight is 451 g/mol. The van der Waals surface area contributed by atoms with Crippen molar-refractivity contribution in [1.82, 2.24) is 9.88 Å². The van der Waals surface area contributed by atoms with E-state index in [9.17, 15) is 14.3 Å². The van der Waals surface area contributed by atoms with E-state index in [1.807, 2.05) is 0 Å². The number of amides is 1. The van der Waals surface area contributed by atoms with Crippen LogP contribution in [0.4, 0.5) is 8.78 Å². The zero-order valence-corrected chi connectivity index (χ0v) is 18.3. The normalized spacial score (nSPS) is 12.0. The van der Waals surface area contributed by atoms with Crippen molar-refractivity contribution in [3.05, 3.63) is 82.2 Å². The van der Waals surface area contributed by atoms with Gasteiger partial charge in [-0.1, -0.05) is 12.1 Å². The van der Waals surface area contributed by atoms with Gasteiger partial charge in [0.15, 0.2) is 0 Å². The van der Waals surface area contributed by atoms with E-state index in [0.29, 0.717) is 35.7 Å². The molecule has 0 unspecified atom stereocenters. The van der Waals surface area contributed by atoms with Crippen LogP contribution in [0.15, 0.2) is 47.6 Å². The first-order valence-electron chi connectivity index (χ1n) is 10.5. The van der Waals surface area contributed by atoms with E-state index in [4.69, 9.17) is 4.74 Å². The van der Waals surface area contributed by atoms with Gasteiger partial charge >= 0.3 is 0 Å². The molecule has 0 saturated heterocycles. The number of aliphatic imine (C=N–C) groups is 1. The van der Waals surface area contributed by atoms with Crippen LogP contribution in [0.3, 0.4) is 0 Å². The number of fused-ring (bicyclic) bond motifs is 1. The molecule has 1 amide bonds. The Kier molecular flexibility index (Phi) is 6.46. The highest BCUT2D eigenvalue weighted by atomic mass is 19.1. The van der Waals surface area contributed by atoms with Crippen LogP contribution in [0.25, 0.3) is 11.1 Å². The van der Waals surface area contributed by atoms with Crippen molar-refractivity contribution >= 4 is 12.1 Å². The maximum absolute atomic E-state index is 15.1. The minimum atomic E-state index is -0.725. The van der Waals surface area contributed by atoms with Gasteiger partial charge in [0, 0.05) is 37.1 Å². The van der Waals surface area contributed by atoms with Crippen molar-refractivity contribution in [2.24, 2.45) is 4.99 Å². The van der Waals surface area contributed by atoms with Crippen molar-refractivity contribution in [1.29, 1.82) is 0 Å². The van der Waals surface area contributed by atoms with E-state index in [-0.39, 0.29) is 18.7 Å². The largest absolute Gasteiger partial charge is 0.493 e. The molecule has 3 aromatic rings. The molecule has 1 aliphatic rings. The molecule has 2 aromatic carbocycles. The number of aromatic nitrogens is 1. The van der Waals surface area contributed by atoms with Gasteiger partial charge in [-0.05, 0) is 47.9 Å². The number of ether oxygens (including phenoxy) is 1. The van der Waals surface area contributed by atoms with Crippen LogP contribution in [-0.4, -0.2) is 40.8 Å². The molecule has 4 rings (SSSR count). The molecule has 1 aromatic heterocycles. The van der Waals surface area contributed by atoms with Gasteiger partial charge < -0.3 is 14.7 Å². The number of halogens is 2. The SMILES string of the molecule is CCOc1cc(C(=O)N(C)Cc2cnc(CO)c3c2CN=C3)c(F)cc1-c1cccc(F)c1. The minimum Gasteiger partial charge on any atom is -0.493 e. The van der Waals surface area contributed by atoms with Crippen LogP contribution in [0.5, 0.6) is 5.75 Å². The lowest BCUT2D eigenvalue weighted by molar-refractivity contribution is 0.0779. The summed E-state index contributed by atoms with van der Waals surface area (Å²) in [5.41, 5.74) is 3.64. The Morgan fingerprint density at radius 1 is 1.24 bits per heavy atom. The van der Waals surface area contributed by atoms with Crippen molar-refractivity contribution < 1.29 is 23.4 Å². The Labute approximate surface area is 190 Å². The summed E-state index contributed by atoms with van der Waals surface area (Å²) in [5.74, 6) is -1.41. The number of aliphatic hydroxyl groups excluding tert-OH is 1. The summed E-state index contributed by atoms with van der Waals surface area (Å²) in [4.78, 5) is 23.0. The summed E-state index contributed by atoms with van der Waals surface area (Å²) in [6.45, 7) is 2.50. The van der Waals surface area contributed by atoms with Crippen molar-refractivity contribution in [2.45, 2.75) is 26.6 Å². The standard InChI is InChI=1S/C25H23F2N3O3/c1-3-33-24-9-19(22(27)8-18(24)15-5-4-6-17(26)7-15)25(32)30(2)13-16-10-29-23(14-31)21-12-28-11-20(16)21/h4-10,12,31H,3,11,13-14H2,1-2H3. The molecule has 1 aliphatic heterocycles. The van der Waals surface area contributed by atoms with E-state index in [2.05, 4.69) is 9.98 Å². The minimum absolute atomic E-state index is 0.145. The van der Waals surface area contributed by atoms with Gasteiger partial charge in [0.05, 0.1) is 31.0 Å². The summed E-state index contributed by atoms with van der Waals surface area (Å²) in [7, 11) is 1.57. The summed E-state index contributed by atoms with van der Waals surface area (Å²) in [6.07, 6.45) is 3.27. The smallest absolute Gasteiger partial charge is 0.257 e. The van der Waals surface area contributed by atoms with Crippen LogP contribution in [0, 0.1) is 11.6 Å². The van der Waals surface area contributed by atoms with Crippen molar-refractivity contribution in [3.63, 3.8) is 0 Å². The Morgan fingerprint density at radius 2 is 2.06 bits per heavy atom. The van der Waals surface area contributed by atoms with Gasteiger partial charge in [-0.25, -0.2) is 8.78 Å². The summed E-state index contributed by atoms with van der Waals surface area (Å²) < 4.78 is 34.4. The van der Waals surface area contributed by atoms with Gasteiger partial charge in [0.2, 0.25) is 0 Å². The topological polar surface area (TPSA) is 75.0 Å². The number of hydrogen-bond donors (Lipinski definition) is 1. The molecule has 8 heteroatoms. The molecule has 33 heavy (non-hydrogen) atoms. The molecule has 0 atom stereocenters. The lowest BCUT2D eigenvalue weighted by Gasteiger charge is -2.21. The number of pyridine rings is 1. The second-order valence-electron chi connectivity index (χ2n) is 7.68. The molecule has 0 bridgehead atoms. The number of aliphatic hydroxyl groups is 1. The Balaban J connectivity index is 1.64. The Morgan fingerprint density at radius 3 is 2.79 bits per heavy atom. The highest BCUT2D eigenvalue weighted by molar-refractivity contribution is 5.96. The molecular formula is C25H23F2N3O3. The van der Waals surface area contributed by atoms with Crippen LogP contribution in [-0.2, 0) is 19.7 Å². The van der Waals surface area contributed by atoms with E-state index in [1.165, 1.54) is 35.2 Å². The highest BCUT2D eigenvalue weighted by Crippen LogP contribution is 2.34.